The molecular formula is C10H20N2O4S2. The molecule has 0 amide bonds. The van der Waals surface area contributed by atoms with Crippen LogP contribution in [0, 0.1) is 5.92 Å². The highest BCUT2D eigenvalue weighted by atomic mass is 32.2. The van der Waals surface area contributed by atoms with Crippen LogP contribution < -0.4 is 5.32 Å². The first kappa shape index (κ1) is 14.2. The van der Waals surface area contributed by atoms with Crippen LogP contribution in [0.4, 0.5) is 0 Å². The van der Waals surface area contributed by atoms with E-state index in [1.54, 1.807) is 0 Å². The first-order valence-electron chi connectivity index (χ1n) is 6.17. The Bertz CT molecular complexity index is 486. The molecule has 1 N–H and O–H groups in total. The number of fused-ring (bicyclic) bond motifs is 1. The van der Waals surface area contributed by atoms with Gasteiger partial charge in [-0.1, -0.05) is 0 Å². The van der Waals surface area contributed by atoms with E-state index in [9.17, 15) is 16.8 Å². The van der Waals surface area contributed by atoms with Gasteiger partial charge in [-0.25, -0.2) is 16.8 Å². The molecular weight excluding hydrogens is 276 g/mol. The molecule has 0 aromatic heterocycles. The van der Waals surface area contributed by atoms with Crippen LogP contribution in [-0.2, 0) is 19.9 Å². The molecule has 18 heavy (non-hydrogen) atoms. The monoisotopic (exact) mass is 296 g/mol. The standard InChI is InChI=1S/C10H20N2O4S2/c1-17(13,14)5-6-18(15,16)12-7-9-3-2-4-11-10(9)8-12/h9-11H,2-8H2,1H3/t9-,10+/m0/s1. The predicted octanol–water partition coefficient (Wildman–Crippen LogP) is -0.955. The Morgan fingerprint density at radius 1 is 1.17 bits per heavy atom. The summed E-state index contributed by atoms with van der Waals surface area (Å²) in [5.41, 5.74) is 0. The van der Waals surface area contributed by atoms with Gasteiger partial charge in [0, 0.05) is 25.4 Å². The summed E-state index contributed by atoms with van der Waals surface area (Å²) in [6.45, 7) is 1.96. The number of hydrogen-bond acceptors (Lipinski definition) is 5. The van der Waals surface area contributed by atoms with E-state index in [1.165, 1.54) is 4.31 Å². The molecule has 0 aliphatic carbocycles. The quantitative estimate of drug-likeness (QED) is 0.723. The maximum absolute atomic E-state index is 12.1. The van der Waals surface area contributed by atoms with E-state index in [1.807, 2.05) is 0 Å². The minimum atomic E-state index is -3.44. The minimum absolute atomic E-state index is 0.242. The highest BCUT2D eigenvalue weighted by Gasteiger charge is 2.39. The van der Waals surface area contributed by atoms with Crippen LogP contribution in [0.25, 0.3) is 0 Å². The molecule has 0 unspecified atom stereocenters. The van der Waals surface area contributed by atoms with E-state index >= 15 is 0 Å². The molecule has 106 valence electrons. The van der Waals surface area contributed by atoms with Crippen LogP contribution in [-0.4, -0.2) is 64.6 Å². The molecule has 2 heterocycles. The molecule has 0 aromatic rings. The van der Waals surface area contributed by atoms with Gasteiger partial charge in [0.15, 0.2) is 0 Å². The lowest BCUT2D eigenvalue weighted by molar-refractivity contribution is 0.339. The molecule has 2 saturated heterocycles. The summed E-state index contributed by atoms with van der Waals surface area (Å²) >= 11 is 0. The molecule has 2 aliphatic heterocycles. The Morgan fingerprint density at radius 3 is 2.50 bits per heavy atom. The van der Waals surface area contributed by atoms with E-state index in [-0.39, 0.29) is 17.5 Å². The van der Waals surface area contributed by atoms with E-state index in [2.05, 4.69) is 5.32 Å². The Morgan fingerprint density at radius 2 is 1.89 bits per heavy atom. The molecule has 2 fully saturated rings. The average molecular weight is 296 g/mol. The zero-order valence-corrected chi connectivity index (χ0v) is 12.1. The smallest absolute Gasteiger partial charge is 0.215 e. The van der Waals surface area contributed by atoms with Gasteiger partial charge in [-0.3, -0.25) is 0 Å². The van der Waals surface area contributed by atoms with Crippen LogP contribution in [0.15, 0.2) is 0 Å². The Balaban J connectivity index is 1.99. The van der Waals surface area contributed by atoms with Crippen molar-refractivity contribution in [2.45, 2.75) is 18.9 Å². The van der Waals surface area contributed by atoms with Crippen LogP contribution >= 0.6 is 0 Å². The third kappa shape index (κ3) is 3.43. The zero-order chi connectivity index (χ0) is 13.4. The van der Waals surface area contributed by atoms with Crippen LogP contribution in [0.2, 0.25) is 0 Å². The lowest BCUT2D eigenvalue weighted by atomic mass is 9.94. The SMILES string of the molecule is CS(=O)(=O)CCS(=O)(=O)N1C[C@@H]2CCCN[C@@H]2C1. The van der Waals surface area contributed by atoms with Crippen LogP contribution in [0.5, 0.6) is 0 Å². The molecule has 2 rings (SSSR count). The fourth-order valence-corrected chi connectivity index (χ4v) is 5.74. The second-order valence-corrected chi connectivity index (χ2v) is 9.57. The summed E-state index contributed by atoms with van der Waals surface area (Å²) in [7, 11) is -6.67. The summed E-state index contributed by atoms with van der Waals surface area (Å²) in [6.07, 6.45) is 3.20. The van der Waals surface area contributed by atoms with Gasteiger partial charge in [-0.15, -0.1) is 0 Å². The molecule has 8 heteroatoms. The zero-order valence-electron chi connectivity index (χ0n) is 10.5. The van der Waals surface area contributed by atoms with E-state index in [0.29, 0.717) is 19.0 Å². The molecule has 6 nitrogen and oxygen atoms in total. The predicted molar refractivity (Wildman–Crippen MR) is 69.6 cm³/mol. The Kier molecular flexibility index (Phi) is 4.01. The molecule has 0 saturated carbocycles. The number of sulfonamides is 1. The largest absolute Gasteiger partial charge is 0.312 e. The Hall–Kier alpha value is -0.180. The van der Waals surface area contributed by atoms with E-state index in [4.69, 9.17) is 0 Å². The van der Waals surface area contributed by atoms with Crippen molar-refractivity contribution >= 4 is 19.9 Å². The summed E-state index contributed by atoms with van der Waals surface area (Å²) in [5, 5.41) is 3.33. The second kappa shape index (κ2) is 5.07. The maximum atomic E-state index is 12.1. The van der Waals surface area contributed by atoms with Gasteiger partial charge in [0.1, 0.15) is 9.84 Å². The number of hydrogen-bond donors (Lipinski definition) is 1. The van der Waals surface area contributed by atoms with E-state index in [0.717, 1.165) is 25.6 Å². The lowest BCUT2D eigenvalue weighted by Gasteiger charge is -2.24. The lowest BCUT2D eigenvalue weighted by Crippen LogP contribution is -2.41. The molecule has 2 aliphatic rings. The summed E-state index contributed by atoms with van der Waals surface area (Å²) in [5.74, 6) is -0.216. The third-order valence-corrected chi connectivity index (χ3v) is 6.68. The normalized spacial score (nSPS) is 30.3. The number of nitrogens with zero attached hydrogens (tertiary/aromatic N) is 1. The van der Waals surface area contributed by atoms with Crippen molar-refractivity contribution in [3.05, 3.63) is 0 Å². The van der Waals surface area contributed by atoms with Crippen LogP contribution in [0.1, 0.15) is 12.8 Å². The number of rotatable bonds is 4. The summed E-state index contributed by atoms with van der Waals surface area (Å²) in [4.78, 5) is 0. The Labute approximate surface area is 109 Å². The van der Waals surface area contributed by atoms with Gasteiger partial charge in [-0.2, -0.15) is 4.31 Å². The maximum Gasteiger partial charge on any atom is 0.215 e. The number of sulfone groups is 1. The second-order valence-electron chi connectivity index (χ2n) is 5.23. The third-order valence-electron chi connectivity index (χ3n) is 3.67. The number of nitrogens with one attached hydrogen (secondary N) is 1. The molecule has 0 radical (unpaired) electrons. The highest BCUT2D eigenvalue weighted by Crippen LogP contribution is 2.26. The minimum Gasteiger partial charge on any atom is -0.312 e. The molecule has 0 bridgehead atoms. The summed E-state index contributed by atoms with van der Waals surface area (Å²) < 4.78 is 47.7. The van der Waals surface area contributed by atoms with Crippen molar-refractivity contribution in [1.29, 1.82) is 0 Å². The number of piperidine rings is 1. The van der Waals surface area contributed by atoms with Gasteiger partial charge >= 0.3 is 0 Å². The van der Waals surface area contributed by atoms with Gasteiger partial charge in [0.05, 0.1) is 11.5 Å². The molecule has 0 aromatic carbocycles. The van der Waals surface area contributed by atoms with Crippen LogP contribution in [0.3, 0.4) is 0 Å². The van der Waals surface area contributed by atoms with Crippen molar-refractivity contribution in [3.8, 4) is 0 Å². The van der Waals surface area contributed by atoms with Gasteiger partial charge in [-0.05, 0) is 25.3 Å². The van der Waals surface area contributed by atoms with Crippen molar-refractivity contribution in [2.24, 2.45) is 5.92 Å². The van der Waals surface area contributed by atoms with Crippen molar-refractivity contribution < 1.29 is 16.8 Å². The first-order chi connectivity index (χ1) is 8.28. The van der Waals surface area contributed by atoms with Crippen molar-refractivity contribution in [1.82, 2.24) is 9.62 Å². The highest BCUT2D eigenvalue weighted by molar-refractivity contribution is 7.93. The van der Waals surface area contributed by atoms with E-state index < -0.39 is 19.9 Å². The first-order valence-corrected chi connectivity index (χ1v) is 9.84. The van der Waals surface area contributed by atoms with Crippen molar-refractivity contribution in [2.75, 3.05) is 37.4 Å². The fraction of sp³-hybridized carbons (Fsp3) is 1.00. The van der Waals surface area contributed by atoms with Gasteiger partial charge < -0.3 is 5.32 Å². The van der Waals surface area contributed by atoms with Gasteiger partial charge in [0.25, 0.3) is 0 Å². The van der Waals surface area contributed by atoms with Gasteiger partial charge in [0.2, 0.25) is 10.0 Å². The average Bonchev–Trinajstić information content (AvgIpc) is 2.70. The summed E-state index contributed by atoms with van der Waals surface area (Å²) in [6, 6.07) is 0.242. The fourth-order valence-electron chi connectivity index (χ4n) is 2.62. The molecule has 2 atom stereocenters. The topological polar surface area (TPSA) is 83.5 Å². The molecule has 0 spiro atoms. The van der Waals surface area contributed by atoms with Crippen molar-refractivity contribution in [3.63, 3.8) is 0 Å².